The SMILES string of the molecule is CCCN1CC=C[C@@H]2S[C@]34C=CCN(c5ccc(OC)cc5)C(=O)C3N(CCCO)C(=O)[C@@H]4[C@@H]2C1=O. The standard InChI is InChI=1S/C27H33N3O5S/c1-3-13-28-14-4-7-20-21(24(28)32)22-25(33)30(16-6-17-31)23-26(34)29(15-5-12-27(22,23)36-20)18-8-10-19(35-2)11-9-18/h4-5,7-12,20-23,31H,3,6,13-17H2,1-2H3/t20-,21+,22-,23?,27-/m0/s1. The van der Waals surface area contributed by atoms with Gasteiger partial charge >= 0.3 is 0 Å². The summed E-state index contributed by atoms with van der Waals surface area (Å²) in [5, 5.41) is 9.37. The van der Waals surface area contributed by atoms with E-state index in [0.29, 0.717) is 31.8 Å². The lowest BCUT2D eigenvalue weighted by Gasteiger charge is -2.35. The Labute approximate surface area is 215 Å². The number of fused-ring (bicyclic) bond motifs is 2. The van der Waals surface area contributed by atoms with E-state index in [1.165, 1.54) is 0 Å². The number of likely N-dealkylation sites (tertiary alicyclic amines) is 1. The van der Waals surface area contributed by atoms with Crippen molar-refractivity contribution in [3.05, 3.63) is 48.6 Å². The number of ether oxygens (including phenoxy) is 1. The van der Waals surface area contributed by atoms with Crippen LogP contribution in [0.4, 0.5) is 5.69 Å². The highest BCUT2D eigenvalue weighted by atomic mass is 32.2. The summed E-state index contributed by atoms with van der Waals surface area (Å²) in [7, 11) is 1.60. The normalized spacial score (nSPS) is 31.3. The number of aliphatic hydroxyl groups is 1. The smallest absolute Gasteiger partial charge is 0.251 e. The predicted molar refractivity (Wildman–Crippen MR) is 139 cm³/mol. The molecule has 0 bridgehead atoms. The zero-order valence-electron chi connectivity index (χ0n) is 20.7. The highest BCUT2D eigenvalue weighted by molar-refractivity contribution is 8.02. The van der Waals surface area contributed by atoms with E-state index in [-0.39, 0.29) is 36.1 Å². The number of amides is 3. The molecule has 2 saturated heterocycles. The van der Waals surface area contributed by atoms with Crippen LogP contribution in [0.15, 0.2) is 48.6 Å². The topological polar surface area (TPSA) is 90.4 Å². The number of aliphatic hydroxyl groups excluding tert-OH is 1. The lowest BCUT2D eigenvalue weighted by atomic mass is 9.78. The van der Waals surface area contributed by atoms with Crippen LogP contribution >= 0.6 is 11.8 Å². The van der Waals surface area contributed by atoms with Gasteiger partial charge in [0.2, 0.25) is 11.8 Å². The van der Waals surface area contributed by atoms with Gasteiger partial charge in [0, 0.05) is 43.7 Å². The Hall–Kier alpha value is -2.78. The second-order valence-corrected chi connectivity index (χ2v) is 11.2. The van der Waals surface area contributed by atoms with E-state index in [1.807, 2.05) is 54.3 Å². The molecule has 192 valence electrons. The number of hydrogen-bond acceptors (Lipinski definition) is 6. The van der Waals surface area contributed by atoms with Gasteiger partial charge in [0.15, 0.2) is 0 Å². The van der Waals surface area contributed by atoms with E-state index >= 15 is 0 Å². The lowest BCUT2D eigenvalue weighted by Crippen LogP contribution is -2.53. The van der Waals surface area contributed by atoms with E-state index in [1.54, 1.807) is 28.7 Å². The Balaban J connectivity index is 1.57. The summed E-state index contributed by atoms with van der Waals surface area (Å²) in [6.07, 6.45) is 9.29. The van der Waals surface area contributed by atoms with Crippen molar-refractivity contribution < 1.29 is 24.2 Å². The lowest BCUT2D eigenvalue weighted by molar-refractivity contribution is -0.142. The van der Waals surface area contributed by atoms with Crippen LogP contribution in [0.5, 0.6) is 5.75 Å². The molecule has 1 N–H and O–H groups in total. The van der Waals surface area contributed by atoms with Crippen molar-refractivity contribution in [2.75, 3.05) is 44.8 Å². The summed E-state index contributed by atoms with van der Waals surface area (Å²) in [4.78, 5) is 47.2. The molecule has 9 heteroatoms. The Morgan fingerprint density at radius 3 is 2.53 bits per heavy atom. The molecule has 5 atom stereocenters. The van der Waals surface area contributed by atoms with Gasteiger partial charge in [-0.15, -0.1) is 11.8 Å². The molecule has 1 aromatic rings. The van der Waals surface area contributed by atoms with Crippen molar-refractivity contribution >= 4 is 35.2 Å². The minimum Gasteiger partial charge on any atom is -0.497 e. The molecule has 36 heavy (non-hydrogen) atoms. The molecule has 1 spiro atoms. The zero-order chi connectivity index (χ0) is 25.4. The van der Waals surface area contributed by atoms with Gasteiger partial charge in [-0.25, -0.2) is 0 Å². The van der Waals surface area contributed by atoms with Crippen molar-refractivity contribution in [2.24, 2.45) is 11.8 Å². The summed E-state index contributed by atoms with van der Waals surface area (Å²) < 4.78 is 4.43. The third-order valence-corrected chi connectivity index (χ3v) is 9.42. The number of thioether (sulfide) groups is 1. The molecule has 0 aromatic heterocycles. The average molecular weight is 512 g/mol. The highest BCUT2D eigenvalue weighted by Gasteiger charge is 2.70. The number of hydrogen-bond donors (Lipinski definition) is 1. The summed E-state index contributed by atoms with van der Waals surface area (Å²) in [5.74, 6) is -0.773. The zero-order valence-corrected chi connectivity index (χ0v) is 21.5. The van der Waals surface area contributed by atoms with Crippen molar-refractivity contribution in [1.29, 1.82) is 0 Å². The molecule has 5 rings (SSSR count). The Kier molecular flexibility index (Phi) is 6.87. The second-order valence-electron chi connectivity index (χ2n) is 9.71. The quantitative estimate of drug-likeness (QED) is 0.564. The van der Waals surface area contributed by atoms with Crippen LogP contribution in [-0.4, -0.2) is 88.6 Å². The van der Waals surface area contributed by atoms with Gasteiger partial charge in [0.1, 0.15) is 11.8 Å². The number of rotatable bonds is 7. The van der Waals surface area contributed by atoms with Crippen LogP contribution < -0.4 is 9.64 Å². The van der Waals surface area contributed by atoms with Crippen LogP contribution in [0.2, 0.25) is 0 Å². The Morgan fingerprint density at radius 1 is 1.06 bits per heavy atom. The Morgan fingerprint density at radius 2 is 1.83 bits per heavy atom. The number of benzene rings is 1. The molecular weight excluding hydrogens is 478 g/mol. The summed E-state index contributed by atoms with van der Waals surface area (Å²) >= 11 is 1.58. The molecule has 2 fully saturated rings. The van der Waals surface area contributed by atoms with Crippen LogP contribution in [0, 0.1) is 11.8 Å². The van der Waals surface area contributed by atoms with Gasteiger partial charge in [-0.05, 0) is 37.1 Å². The van der Waals surface area contributed by atoms with E-state index in [4.69, 9.17) is 4.74 Å². The fraction of sp³-hybridized carbons (Fsp3) is 0.519. The first-order valence-corrected chi connectivity index (χ1v) is 13.5. The number of nitrogens with zero attached hydrogens (tertiary/aromatic N) is 3. The largest absolute Gasteiger partial charge is 0.497 e. The number of carbonyl (C=O) groups excluding carboxylic acids is 3. The second kappa shape index (κ2) is 9.94. The first-order chi connectivity index (χ1) is 17.5. The maximum Gasteiger partial charge on any atom is 0.251 e. The van der Waals surface area contributed by atoms with Gasteiger partial charge in [0.25, 0.3) is 5.91 Å². The summed E-state index contributed by atoms with van der Waals surface area (Å²) in [5.41, 5.74) is 0.725. The maximum absolute atomic E-state index is 14.2. The highest BCUT2D eigenvalue weighted by Crippen LogP contribution is 2.61. The fourth-order valence-electron chi connectivity index (χ4n) is 6.14. The minimum atomic E-state index is -0.838. The third kappa shape index (κ3) is 3.84. The van der Waals surface area contributed by atoms with Gasteiger partial charge in [-0.3, -0.25) is 14.4 Å². The monoisotopic (exact) mass is 511 g/mol. The molecule has 4 aliphatic rings. The number of methoxy groups -OCH3 is 1. The summed E-state index contributed by atoms with van der Waals surface area (Å²) in [6, 6.07) is 6.56. The molecule has 1 aromatic carbocycles. The molecule has 1 unspecified atom stereocenters. The third-order valence-electron chi connectivity index (χ3n) is 7.68. The molecule has 3 amide bonds. The van der Waals surface area contributed by atoms with Crippen LogP contribution in [0.25, 0.3) is 0 Å². The fourth-order valence-corrected chi connectivity index (χ4v) is 8.14. The molecule has 4 aliphatic heterocycles. The van der Waals surface area contributed by atoms with Gasteiger partial charge in [-0.2, -0.15) is 0 Å². The maximum atomic E-state index is 14.2. The minimum absolute atomic E-state index is 0.00515. The average Bonchev–Trinajstić information content (AvgIpc) is 3.20. The van der Waals surface area contributed by atoms with Crippen LogP contribution in [-0.2, 0) is 14.4 Å². The van der Waals surface area contributed by atoms with Crippen molar-refractivity contribution in [2.45, 2.75) is 35.8 Å². The molecule has 0 saturated carbocycles. The van der Waals surface area contributed by atoms with Gasteiger partial charge in [-0.1, -0.05) is 31.2 Å². The van der Waals surface area contributed by atoms with Crippen molar-refractivity contribution in [1.82, 2.24) is 9.80 Å². The molecule has 0 aliphatic carbocycles. The summed E-state index contributed by atoms with van der Waals surface area (Å²) in [6.45, 7) is 3.80. The first-order valence-electron chi connectivity index (χ1n) is 12.6. The van der Waals surface area contributed by atoms with Crippen molar-refractivity contribution in [3.8, 4) is 5.75 Å². The van der Waals surface area contributed by atoms with Gasteiger partial charge in [0.05, 0.1) is 23.7 Å². The van der Waals surface area contributed by atoms with E-state index in [9.17, 15) is 19.5 Å². The Bertz CT molecular complexity index is 1090. The number of anilines is 1. The van der Waals surface area contributed by atoms with Crippen molar-refractivity contribution in [3.63, 3.8) is 0 Å². The molecule has 8 nitrogen and oxygen atoms in total. The van der Waals surface area contributed by atoms with Crippen LogP contribution in [0.3, 0.4) is 0 Å². The first kappa shape index (κ1) is 24.9. The van der Waals surface area contributed by atoms with E-state index < -0.39 is 22.6 Å². The van der Waals surface area contributed by atoms with E-state index in [2.05, 4.69) is 6.08 Å². The molecule has 4 heterocycles. The predicted octanol–water partition coefficient (Wildman–Crippen LogP) is 2.09. The molecular formula is C27H33N3O5S. The number of carbonyl (C=O) groups is 3. The van der Waals surface area contributed by atoms with Crippen LogP contribution in [0.1, 0.15) is 19.8 Å². The van der Waals surface area contributed by atoms with E-state index in [0.717, 1.165) is 12.1 Å². The van der Waals surface area contributed by atoms with Gasteiger partial charge < -0.3 is 24.5 Å². The molecule has 0 radical (unpaired) electrons.